The zero-order chi connectivity index (χ0) is 48.1. The Morgan fingerprint density at radius 1 is 0.500 bits per heavy atom. The number of aliphatic hydroxyl groups excluding tert-OH is 1. The van der Waals surface area contributed by atoms with Gasteiger partial charge in [-0.3, -0.25) is 14.5 Å². The molecule has 0 saturated carbocycles. The van der Waals surface area contributed by atoms with Gasteiger partial charge in [0, 0.05) is 58.8 Å². The van der Waals surface area contributed by atoms with E-state index >= 15 is 0 Å². The maximum absolute atomic E-state index is 12.6. The number of piperazine rings is 1. The van der Waals surface area contributed by atoms with E-state index in [9.17, 15) is 9.59 Å². The molecular weight excluding hydrogens is 821 g/mol. The van der Waals surface area contributed by atoms with Crippen LogP contribution in [0.4, 0.5) is 0 Å². The summed E-state index contributed by atoms with van der Waals surface area (Å²) in [6.07, 6.45) is 57.9. The van der Waals surface area contributed by atoms with E-state index in [0.717, 1.165) is 97.0 Å². The first-order valence-corrected chi connectivity index (χ1v) is 28.0. The summed E-state index contributed by atoms with van der Waals surface area (Å²) < 4.78 is 17.0. The fourth-order valence-corrected chi connectivity index (χ4v) is 7.95. The van der Waals surface area contributed by atoms with Gasteiger partial charge in [0.05, 0.1) is 13.2 Å². The number of hydrogen-bond donors (Lipinski definition) is 1. The molecule has 1 heterocycles. The van der Waals surface area contributed by atoms with Crippen LogP contribution in [0, 0.1) is 0 Å². The van der Waals surface area contributed by atoms with E-state index in [0.29, 0.717) is 32.8 Å². The molecule has 1 unspecified atom stereocenters. The van der Waals surface area contributed by atoms with Crippen LogP contribution in [0.2, 0.25) is 0 Å². The molecule has 0 spiro atoms. The summed E-state index contributed by atoms with van der Waals surface area (Å²) in [5, 5.41) is 8.66. The summed E-state index contributed by atoms with van der Waals surface area (Å²) in [6, 6.07) is 0. The van der Waals surface area contributed by atoms with Crippen molar-refractivity contribution in [3.63, 3.8) is 0 Å². The Labute approximate surface area is 409 Å². The first kappa shape index (κ1) is 63.7. The van der Waals surface area contributed by atoms with E-state index in [-0.39, 0.29) is 18.0 Å². The number of carbonyl (C=O) groups is 2. The van der Waals surface area contributed by atoms with Crippen molar-refractivity contribution < 1.29 is 28.9 Å². The second-order valence-corrected chi connectivity index (χ2v) is 18.8. The number of likely N-dealkylation sites (N-methyl/N-ethyl adjacent to an activating group) is 1. The van der Waals surface area contributed by atoms with Crippen molar-refractivity contribution in [2.45, 2.75) is 245 Å². The van der Waals surface area contributed by atoms with Gasteiger partial charge in [-0.25, -0.2) is 0 Å². The van der Waals surface area contributed by atoms with E-state index in [1.165, 1.54) is 148 Å². The Balaban J connectivity index is 0.00000186. The summed E-state index contributed by atoms with van der Waals surface area (Å²) in [5.74, 6) is -0.281. The summed E-state index contributed by atoms with van der Waals surface area (Å²) in [5.41, 5.74) is 0. The summed E-state index contributed by atoms with van der Waals surface area (Å²) in [4.78, 5) is 29.2. The SMILES string of the molecule is CC/C=C\CCC(CCCCC(=O)OCCCOCCCCCCCC/C=C\C/C=C\CCCCC)OC(=O)CN1CCN(C)CC1.CCCCCCCC/C=C\CCCCCCCCO. The van der Waals surface area contributed by atoms with Gasteiger partial charge in [-0.05, 0) is 116 Å². The van der Waals surface area contributed by atoms with E-state index in [2.05, 4.69) is 86.2 Å². The summed E-state index contributed by atoms with van der Waals surface area (Å²) >= 11 is 0. The van der Waals surface area contributed by atoms with E-state index in [4.69, 9.17) is 19.3 Å². The molecule has 0 aromatic carbocycles. The average Bonchev–Trinajstić information content (AvgIpc) is 3.31. The zero-order valence-electron chi connectivity index (χ0n) is 44.0. The number of ether oxygens (including phenoxy) is 3. The molecular formula is C58H108N2O6. The maximum atomic E-state index is 12.6. The molecule has 1 aliphatic rings. The van der Waals surface area contributed by atoms with Crippen LogP contribution in [-0.4, -0.2) is 99.1 Å². The quantitative estimate of drug-likeness (QED) is 0.0367. The van der Waals surface area contributed by atoms with Crippen LogP contribution < -0.4 is 0 Å². The molecule has 1 fully saturated rings. The largest absolute Gasteiger partial charge is 0.466 e. The highest BCUT2D eigenvalue weighted by Crippen LogP contribution is 2.15. The lowest BCUT2D eigenvalue weighted by Crippen LogP contribution is -2.46. The van der Waals surface area contributed by atoms with E-state index in [1.54, 1.807) is 0 Å². The van der Waals surface area contributed by atoms with Gasteiger partial charge < -0.3 is 24.2 Å². The third kappa shape index (κ3) is 49.6. The van der Waals surface area contributed by atoms with Crippen LogP contribution in [0.1, 0.15) is 239 Å². The standard InChI is InChI=1S/C40H72N2O5.C18H36O/c1-4-6-8-10-11-12-13-14-15-16-17-18-19-20-21-25-34-45-35-26-36-46-39(43)29-24-23-28-38(27-22-9-7-5-2)47-40(44)37-42-32-30-41(3)31-33-42;1-2-3-4-5-6-7-8-9-10-11-12-13-14-15-16-17-18-19/h7,9,11-12,14-15,38H,4-6,8,10,13,16-37H2,1-3H3;9-10,19H,2-8,11-18H2,1H3/b9-7-,12-11-,15-14-;10-9-. The summed E-state index contributed by atoms with van der Waals surface area (Å²) in [6.45, 7) is 13.0. The molecule has 0 aromatic rings. The van der Waals surface area contributed by atoms with Gasteiger partial charge in [0.25, 0.3) is 0 Å². The zero-order valence-corrected chi connectivity index (χ0v) is 44.0. The molecule has 0 radical (unpaired) electrons. The molecule has 386 valence electrons. The van der Waals surface area contributed by atoms with Gasteiger partial charge >= 0.3 is 11.9 Å². The Morgan fingerprint density at radius 2 is 1.00 bits per heavy atom. The smallest absolute Gasteiger partial charge is 0.320 e. The Hall–Kier alpha value is -2.26. The van der Waals surface area contributed by atoms with Crippen LogP contribution in [0.25, 0.3) is 0 Å². The van der Waals surface area contributed by atoms with Crippen LogP contribution in [0.5, 0.6) is 0 Å². The molecule has 1 rings (SSSR count). The van der Waals surface area contributed by atoms with Crippen molar-refractivity contribution in [1.29, 1.82) is 0 Å². The number of nitrogens with zero attached hydrogens (tertiary/aromatic N) is 2. The van der Waals surface area contributed by atoms with Crippen LogP contribution >= 0.6 is 0 Å². The van der Waals surface area contributed by atoms with Gasteiger partial charge in [0.1, 0.15) is 6.10 Å². The lowest BCUT2D eigenvalue weighted by Gasteiger charge is -2.31. The number of unbranched alkanes of at least 4 members (excludes halogenated alkanes) is 22. The minimum Gasteiger partial charge on any atom is -0.466 e. The number of carbonyl (C=O) groups excluding carboxylic acids is 2. The number of rotatable bonds is 46. The highest BCUT2D eigenvalue weighted by atomic mass is 16.5. The number of allylic oxidation sites excluding steroid dienone is 8. The molecule has 8 nitrogen and oxygen atoms in total. The highest BCUT2D eigenvalue weighted by Gasteiger charge is 2.20. The van der Waals surface area contributed by atoms with Crippen LogP contribution in [-0.2, 0) is 23.8 Å². The van der Waals surface area contributed by atoms with E-state index < -0.39 is 0 Å². The predicted octanol–water partition coefficient (Wildman–Crippen LogP) is 15.2. The first-order valence-electron chi connectivity index (χ1n) is 28.0. The third-order valence-electron chi connectivity index (χ3n) is 12.3. The lowest BCUT2D eigenvalue weighted by molar-refractivity contribution is -0.151. The van der Waals surface area contributed by atoms with Gasteiger partial charge in [0.15, 0.2) is 0 Å². The van der Waals surface area contributed by atoms with Gasteiger partial charge in [-0.1, -0.05) is 166 Å². The molecule has 8 heteroatoms. The molecule has 1 N–H and O–H groups in total. The number of hydrogen-bond acceptors (Lipinski definition) is 8. The molecule has 1 aliphatic heterocycles. The Morgan fingerprint density at radius 3 is 1.59 bits per heavy atom. The highest BCUT2D eigenvalue weighted by molar-refractivity contribution is 5.72. The van der Waals surface area contributed by atoms with Gasteiger partial charge in [0.2, 0.25) is 0 Å². The van der Waals surface area contributed by atoms with Crippen molar-refractivity contribution in [1.82, 2.24) is 9.80 Å². The minimum atomic E-state index is -0.148. The fourth-order valence-electron chi connectivity index (χ4n) is 7.95. The van der Waals surface area contributed by atoms with Gasteiger partial charge in [-0.2, -0.15) is 0 Å². The van der Waals surface area contributed by atoms with Crippen molar-refractivity contribution in [3.8, 4) is 0 Å². The second kappa shape index (κ2) is 53.7. The molecule has 0 bridgehead atoms. The molecule has 66 heavy (non-hydrogen) atoms. The number of aliphatic hydroxyl groups is 1. The molecule has 1 atom stereocenters. The first-order chi connectivity index (χ1) is 32.5. The van der Waals surface area contributed by atoms with E-state index in [1.807, 2.05) is 0 Å². The van der Waals surface area contributed by atoms with Crippen LogP contribution in [0.3, 0.4) is 0 Å². The topological polar surface area (TPSA) is 88.5 Å². The predicted molar refractivity (Wildman–Crippen MR) is 283 cm³/mol. The molecule has 0 aromatic heterocycles. The lowest BCUT2D eigenvalue weighted by atomic mass is 10.1. The second-order valence-electron chi connectivity index (χ2n) is 18.8. The molecule has 0 amide bonds. The van der Waals surface area contributed by atoms with Crippen molar-refractivity contribution in [3.05, 3.63) is 48.6 Å². The fraction of sp³-hybridized carbons (Fsp3) is 0.828. The normalized spacial score (nSPS) is 14.2. The van der Waals surface area contributed by atoms with Crippen molar-refractivity contribution >= 4 is 11.9 Å². The minimum absolute atomic E-state index is 0.102. The van der Waals surface area contributed by atoms with Crippen molar-refractivity contribution in [2.24, 2.45) is 0 Å². The van der Waals surface area contributed by atoms with Gasteiger partial charge in [-0.15, -0.1) is 0 Å². The Kier molecular flexibility index (Phi) is 51.9. The average molecular weight is 930 g/mol. The molecule has 1 saturated heterocycles. The Bertz CT molecular complexity index is 1130. The maximum Gasteiger partial charge on any atom is 0.320 e. The third-order valence-corrected chi connectivity index (χ3v) is 12.3. The van der Waals surface area contributed by atoms with Crippen molar-refractivity contribution in [2.75, 3.05) is 66.2 Å². The monoisotopic (exact) mass is 929 g/mol. The number of esters is 2. The van der Waals surface area contributed by atoms with Crippen LogP contribution in [0.15, 0.2) is 48.6 Å². The summed E-state index contributed by atoms with van der Waals surface area (Å²) in [7, 11) is 2.11. The molecule has 0 aliphatic carbocycles.